The van der Waals surface area contributed by atoms with Crippen molar-refractivity contribution in [3.63, 3.8) is 0 Å². The molecule has 1 aliphatic rings. The Morgan fingerprint density at radius 3 is 2.95 bits per heavy atom. The normalized spacial score (nSPS) is 22.6. The van der Waals surface area contributed by atoms with Gasteiger partial charge in [0, 0.05) is 31.6 Å². The van der Waals surface area contributed by atoms with Gasteiger partial charge in [-0.3, -0.25) is 9.88 Å². The quantitative estimate of drug-likeness (QED) is 0.852. The van der Waals surface area contributed by atoms with Crippen LogP contribution in [0.5, 0.6) is 0 Å². The summed E-state index contributed by atoms with van der Waals surface area (Å²) in [6.45, 7) is 7.08. The van der Waals surface area contributed by atoms with Crippen LogP contribution < -0.4 is 5.73 Å². The van der Waals surface area contributed by atoms with Gasteiger partial charge in [-0.05, 0) is 37.9 Å². The SMILES string of the molecule is CCN(CC1CCCO1)C(c1cccnc1)C(C)N. The van der Waals surface area contributed by atoms with E-state index in [0.29, 0.717) is 6.10 Å². The summed E-state index contributed by atoms with van der Waals surface area (Å²) in [5.74, 6) is 0. The summed E-state index contributed by atoms with van der Waals surface area (Å²) in [7, 11) is 0. The summed E-state index contributed by atoms with van der Waals surface area (Å²) in [4.78, 5) is 6.64. The second kappa shape index (κ2) is 6.98. The first kappa shape index (κ1) is 14.4. The predicted octanol–water partition coefficient (Wildman–Crippen LogP) is 1.97. The van der Waals surface area contributed by atoms with Crippen molar-refractivity contribution in [2.75, 3.05) is 19.7 Å². The molecule has 2 heterocycles. The van der Waals surface area contributed by atoms with Crippen molar-refractivity contribution in [2.45, 2.75) is 44.9 Å². The minimum atomic E-state index is 0.0746. The summed E-state index contributed by atoms with van der Waals surface area (Å²) in [5, 5.41) is 0. The van der Waals surface area contributed by atoms with Gasteiger partial charge in [0.25, 0.3) is 0 Å². The Morgan fingerprint density at radius 1 is 1.58 bits per heavy atom. The zero-order valence-electron chi connectivity index (χ0n) is 12.0. The lowest BCUT2D eigenvalue weighted by Gasteiger charge is -2.35. The Bertz CT molecular complexity index is 363. The average molecular weight is 263 g/mol. The number of aromatic nitrogens is 1. The zero-order chi connectivity index (χ0) is 13.7. The van der Waals surface area contributed by atoms with Crippen LogP contribution in [0.3, 0.4) is 0 Å². The molecule has 3 unspecified atom stereocenters. The molecule has 0 amide bonds. The van der Waals surface area contributed by atoms with Gasteiger partial charge in [0.1, 0.15) is 0 Å². The first-order valence-electron chi connectivity index (χ1n) is 7.23. The highest BCUT2D eigenvalue weighted by Gasteiger charge is 2.27. The molecule has 3 atom stereocenters. The Balaban J connectivity index is 2.11. The average Bonchev–Trinajstić information content (AvgIpc) is 2.91. The molecule has 4 nitrogen and oxygen atoms in total. The van der Waals surface area contributed by atoms with E-state index in [1.807, 2.05) is 12.3 Å². The van der Waals surface area contributed by atoms with Gasteiger partial charge in [-0.1, -0.05) is 13.0 Å². The highest BCUT2D eigenvalue weighted by molar-refractivity contribution is 5.16. The van der Waals surface area contributed by atoms with Crippen molar-refractivity contribution in [1.29, 1.82) is 0 Å². The van der Waals surface area contributed by atoms with Gasteiger partial charge in [-0.2, -0.15) is 0 Å². The molecule has 4 heteroatoms. The summed E-state index contributed by atoms with van der Waals surface area (Å²) in [5.41, 5.74) is 7.40. The van der Waals surface area contributed by atoms with E-state index in [2.05, 4.69) is 29.8 Å². The minimum Gasteiger partial charge on any atom is -0.377 e. The maximum absolute atomic E-state index is 6.21. The van der Waals surface area contributed by atoms with E-state index in [1.54, 1.807) is 6.20 Å². The molecule has 1 aromatic heterocycles. The lowest BCUT2D eigenvalue weighted by Crippen LogP contribution is -2.43. The van der Waals surface area contributed by atoms with Crippen molar-refractivity contribution < 1.29 is 4.74 Å². The minimum absolute atomic E-state index is 0.0746. The lowest BCUT2D eigenvalue weighted by atomic mass is 10.00. The van der Waals surface area contributed by atoms with E-state index < -0.39 is 0 Å². The van der Waals surface area contributed by atoms with Crippen LogP contribution in [-0.2, 0) is 4.74 Å². The smallest absolute Gasteiger partial charge is 0.0703 e. The summed E-state index contributed by atoms with van der Waals surface area (Å²) in [6, 6.07) is 4.37. The maximum atomic E-state index is 6.21. The lowest BCUT2D eigenvalue weighted by molar-refractivity contribution is 0.0546. The molecule has 1 aromatic rings. The van der Waals surface area contributed by atoms with Crippen LogP contribution in [-0.4, -0.2) is 41.7 Å². The first-order chi connectivity index (χ1) is 9.22. The van der Waals surface area contributed by atoms with Crippen LogP contribution in [0.4, 0.5) is 0 Å². The fourth-order valence-corrected chi connectivity index (χ4v) is 2.89. The fraction of sp³-hybridized carbons (Fsp3) is 0.667. The summed E-state index contributed by atoms with van der Waals surface area (Å²) < 4.78 is 5.75. The molecule has 0 spiro atoms. The van der Waals surface area contributed by atoms with Gasteiger partial charge in [0.05, 0.1) is 12.1 Å². The van der Waals surface area contributed by atoms with E-state index >= 15 is 0 Å². The van der Waals surface area contributed by atoms with E-state index in [1.165, 1.54) is 12.0 Å². The number of hydrogen-bond acceptors (Lipinski definition) is 4. The molecular formula is C15H25N3O. The van der Waals surface area contributed by atoms with Crippen molar-refractivity contribution >= 4 is 0 Å². The molecule has 2 rings (SSSR count). The van der Waals surface area contributed by atoms with Crippen LogP contribution in [0.2, 0.25) is 0 Å². The molecule has 106 valence electrons. The Kier molecular flexibility index (Phi) is 5.31. The van der Waals surface area contributed by atoms with Crippen LogP contribution in [0.15, 0.2) is 24.5 Å². The standard InChI is InChI=1S/C15H25N3O/c1-3-18(11-14-7-5-9-19-14)15(12(2)16)13-6-4-8-17-10-13/h4,6,8,10,12,14-15H,3,5,7,9,11,16H2,1-2H3. The molecule has 19 heavy (non-hydrogen) atoms. The van der Waals surface area contributed by atoms with E-state index in [9.17, 15) is 0 Å². The van der Waals surface area contributed by atoms with Crippen LogP contribution in [0.1, 0.15) is 38.3 Å². The molecule has 1 aliphatic heterocycles. The molecule has 2 N–H and O–H groups in total. The maximum Gasteiger partial charge on any atom is 0.0703 e. The number of rotatable bonds is 6. The zero-order valence-corrected chi connectivity index (χ0v) is 12.0. The predicted molar refractivity (Wildman–Crippen MR) is 76.8 cm³/mol. The molecule has 0 saturated carbocycles. The summed E-state index contributed by atoms with van der Waals surface area (Å²) >= 11 is 0. The van der Waals surface area contributed by atoms with Gasteiger partial charge in [0.15, 0.2) is 0 Å². The van der Waals surface area contributed by atoms with Gasteiger partial charge in [-0.25, -0.2) is 0 Å². The van der Waals surface area contributed by atoms with Gasteiger partial charge in [-0.15, -0.1) is 0 Å². The number of nitrogens with two attached hydrogens (primary N) is 1. The third-order valence-corrected chi connectivity index (χ3v) is 3.79. The molecule has 1 saturated heterocycles. The fourth-order valence-electron chi connectivity index (χ4n) is 2.89. The molecule has 0 aromatic carbocycles. The van der Waals surface area contributed by atoms with Crippen molar-refractivity contribution in [3.8, 4) is 0 Å². The second-order valence-corrected chi connectivity index (χ2v) is 5.31. The molecule has 1 fully saturated rings. The number of likely N-dealkylation sites (N-methyl/N-ethyl adjacent to an activating group) is 1. The molecular weight excluding hydrogens is 238 g/mol. The van der Waals surface area contributed by atoms with Crippen molar-refractivity contribution in [3.05, 3.63) is 30.1 Å². The number of nitrogens with zero attached hydrogens (tertiary/aromatic N) is 2. The summed E-state index contributed by atoms with van der Waals surface area (Å²) in [6.07, 6.45) is 6.43. The largest absolute Gasteiger partial charge is 0.377 e. The monoisotopic (exact) mass is 263 g/mol. The van der Waals surface area contributed by atoms with Crippen molar-refractivity contribution in [2.24, 2.45) is 5.73 Å². The van der Waals surface area contributed by atoms with Gasteiger partial charge in [0.2, 0.25) is 0 Å². The Hall–Kier alpha value is -0.970. The van der Waals surface area contributed by atoms with Crippen LogP contribution >= 0.6 is 0 Å². The van der Waals surface area contributed by atoms with E-state index in [4.69, 9.17) is 10.5 Å². The van der Waals surface area contributed by atoms with Crippen molar-refractivity contribution in [1.82, 2.24) is 9.88 Å². The third-order valence-electron chi connectivity index (χ3n) is 3.79. The van der Waals surface area contributed by atoms with E-state index in [0.717, 1.165) is 26.1 Å². The second-order valence-electron chi connectivity index (χ2n) is 5.31. The molecule has 0 aliphatic carbocycles. The highest BCUT2D eigenvalue weighted by Crippen LogP contribution is 2.25. The Labute approximate surface area is 116 Å². The number of ether oxygens (including phenoxy) is 1. The topological polar surface area (TPSA) is 51.4 Å². The third kappa shape index (κ3) is 3.75. The first-order valence-corrected chi connectivity index (χ1v) is 7.23. The Morgan fingerprint density at radius 2 is 2.42 bits per heavy atom. The number of pyridine rings is 1. The van der Waals surface area contributed by atoms with Crippen LogP contribution in [0.25, 0.3) is 0 Å². The molecule has 0 radical (unpaired) electrons. The highest BCUT2D eigenvalue weighted by atomic mass is 16.5. The van der Waals surface area contributed by atoms with Gasteiger partial charge < -0.3 is 10.5 Å². The number of hydrogen-bond donors (Lipinski definition) is 1. The van der Waals surface area contributed by atoms with Gasteiger partial charge >= 0.3 is 0 Å². The molecule has 0 bridgehead atoms. The van der Waals surface area contributed by atoms with Crippen LogP contribution in [0, 0.1) is 0 Å². The van der Waals surface area contributed by atoms with E-state index in [-0.39, 0.29) is 12.1 Å².